The number of sulfonamides is 1. The second-order valence-corrected chi connectivity index (χ2v) is 8.60. The lowest BCUT2D eigenvalue weighted by Gasteiger charge is -2.47. The van der Waals surface area contributed by atoms with E-state index in [9.17, 15) is 13.2 Å². The fourth-order valence-corrected chi connectivity index (χ4v) is 4.28. The van der Waals surface area contributed by atoms with Crippen molar-refractivity contribution < 1.29 is 13.2 Å². The molecule has 2 aliphatic rings. The van der Waals surface area contributed by atoms with Crippen molar-refractivity contribution in [3.8, 4) is 0 Å². The van der Waals surface area contributed by atoms with Gasteiger partial charge in [-0.25, -0.2) is 17.5 Å². The molecule has 23 heavy (non-hydrogen) atoms. The molecular formula is C16H23N3O3S. The first-order chi connectivity index (χ1) is 10.9. The van der Waals surface area contributed by atoms with E-state index in [4.69, 9.17) is 0 Å². The predicted octanol–water partition coefficient (Wildman–Crippen LogP) is 1.28. The summed E-state index contributed by atoms with van der Waals surface area (Å²) in [5.41, 5.74) is 1.16. The van der Waals surface area contributed by atoms with Crippen LogP contribution in [0.2, 0.25) is 0 Å². The quantitative estimate of drug-likeness (QED) is 0.900. The molecule has 3 rings (SSSR count). The van der Waals surface area contributed by atoms with E-state index in [0.29, 0.717) is 25.6 Å². The molecule has 126 valence electrons. The van der Waals surface area contributed by atoms with Gasteiger partial charge in [0.1, 0.15) is 0 Å². The first-order valence-corrected chi connectivity index (χ1v) is 9.75. The van der Waals surface area contributed by atoms with Crippen molar-refractivity contribution in [3.05, 3.63) is 35.9 Å². The zero-order chi connectivity index (χ0) is 16.6. The van der Waals surface area contributed by atoms with Crippen molar-refractivity contribution in [2.75, 3.05) is 32.4 Å². The maximum absolute atomic E-state index is 12.4. The standard InChI is InChI=1S/C16H23N3O3S/c1-12-9-19(15(12)14-6-4-3-5-7-14)16(20)17-8-13-10-18(11-13)23(2,21)22/h3-7,12-13,15H,8-11H2,1-2H3,(H,17,20)/t12-,15-/m1/s1. The van der Waals surface area contributed by atoms with Gasteiger partial charge in [-0.3, -0.25) is 0 Å². The number of carbonyl (C=O) groups excluding carboxylic acids is 1. The molecule has 1 aromatic carbocycles. The van der Waals surface area contributed by atoms with Crippen LogP contribution < -0.4 is 5.32 Å². The van der Waals surface area contributed by atoms with Crippen LogP contribution in [0.4, 0.5) is 4.79 Å². The summed E-state index contributed by atoms with van der Waals surface area (Å²) in [6, 6.07) is 10.1. The molecule has 0 aromatic heterocycles. The molecule has 0 saturated carbocycles. The van der Waals surface area contributed by atoms with Gasteiger partial charge in [-0.2, -0.15) is 0 Å². The molecule has 0 aliphatic carbocycles. The summed E-state index contributed by atoms with van der Waals surface area (Å²) in [4.78, 5) is 14.2. The molecular weight excluding hydrogens is 314 g/mol. The van der Waals surface area contributed by atoms with Crippen LogP contribution in [-0.2, 0) is 10.0 Å². The molecule has 2 fully saturated rings. The average Bonchev–Trinajstić information content (AvgIpc) is 2.42. The third-order valence-electron chi connectivity index (χ3n) is 4.70. The third-order valence-corrected chi connectivity index (χ3v) is 5.93. The number of amides is 2. The lowest BCUT2D eigenvalue weighted by atomic mass is 9.85. The Morgan fingerprint density at radius 2 is 1.87 bits per heavy atom. The number of carbonyl (C=O) groups is 1. The smallest absolute Gasteiger partial charge is 0.317 e. The van der Waals surface area contributed by atoms with Gasteiger partial charge >= 0.3 is 6.03 Å². The van der Waals surface area contributed by atoms with Crippen LogP contribution in [0.5, 0.6) is 0 Å². The van der Waals surface area contributed by atoms with E-state index in [0.717, 1.165) is 12.1 Å². The van der Waals surface area contributed by atoms with Crippen molar-refractivity contribution in [1.29, 1.82) is 0 Å². The molecule has 0 spiro atoms. The first kappa shape index (κ1) is 16.3. The Hall–Kier alpha value is -1.60. The van der Waals surface area contributed by atoms with Gasteiger partial charge in [0.15, 0.2) is 0 Å². The summed E-state index contributed by atoms with van der Waals surface area (Å²) >= 11 is 0. The zero-order valence-electron chi connectivity index (χ0n) is 13.5. The Morgan fingerprint density at radius 3 is 2.43 bits per heavy atom. The summed E-state index contributed by atoms with van der Waals surface area (Å²) < 4.78 is 24.1. The fraction of sp³-hybridized carbons (Fsp3) is 0.562. The van der Waals surface area contributed by atoms with Crippen LogP contribution in [0.3, 0.4) is 0 Å². The molecule has 2 amide bonds. The van der Waals surface area contributed by atoms with Gasteiger partial charge in [-0.15, -0.1) is 0 Å². The van der Waals surface area contributed by atoms with Gasteiger partial charge in [-0.05, 0) is 11.5 Å². The van der Waals surface area contributed by atoms with Gasteiger partial charge in [0.2, 0.25) is 10.0 Å². The SMILES string of the molecule is C[C@@H]1CN(C(=O)NCC2CN(S(C)(=O)=O)C2)[C@H]1c1ccccc1. The number of benzene rings is 1. The van der Waals surface area contributed by atoms with E-state index < -0.39 is 10.0 Å². The molecule has 2 heterocycles. The van der Waals surface area contributed by atoms with Crippen molar-refractivity contribution in [1.82, 2.24) is 14.5 Å². The number of hydrogen-bond acceptors (Lipinski definition) is 3. The Bertz CT molecular complexity index is 671. The van der Waals surface area contributed by atoms with E-state index >= 15 is 0 Å². The molecule has 0 unspecified atom stereocenters. The topological polar surface area (TPSA) is 69.7 Å². The molecule has 2 saturated heterocycles. The number of likely N-dealkylation sites (tertiary alicyclic amines) is 1. The largest absolute Gasteiger partial charge is 0.338 e. The molecule has 1 aromatic rings. The number of nitrogens with one attached hydrogen (secondary N) is 1. The number of hydrogen-bond donors (Lipinski definition) is 1. The summed E-state index contributed by atoms with van der Waals surface area (Å²) in [6.07, 6.45) is 1.22. The number of nitrogens with zero attached hydrogens (tertiary/aromatic N) is 2. The summed E-state index contributed by atoms with van der Waals surface area (Å²) in [7, 11) is -3.09. The lowest BCUT2D eigenvalue weighted by molar-refractivity contribution is 0.0574. The maximum atomic E-state index is 12.4. The van der Waals surface area contributed by atoms with Gasteiger partial charge in [0.25, 0.3) is 0 Å². The van der Waals surface area contributed by atoms with Crippen LogP contribution in [0.1, 0.15) is 18.5 Å². The summed E-state index contributed by atoms with van der Waals surface area (Å²) in [5.74, 6) is 0.662. The normalized spacial score (nSPS) is 25.6. The zero-order valence-corrected chi connectivity index (χ0v) is 14.3. The monoisotopic (exact) mass is 337 g/mol. The molecule has 7 heteroatoms. The second kappa shape index (κ2) is 6.13. The molecule has 2 aliphatic heterocycles. The summed E-state index contributed by atoms with van der Waals surface area (Å²) in [6.45, 7) is 4.43. The Kier molecular flexibility index (Phi) is 4.33. The van der Waals surface area contributed by atoms with Crippen molar-refractivity contribution in [2.24, 2.45) is 11.8 Å². The molecule has 0 radical (unpaired) electrons. The Labute approximate surface area is 137 Å². The summed E-state index contributed by atoms with van der Waals surface area (Å²) in [5, 5.41) is 2.94. The molecule has 2 atom stereocenters. The predicted molar refractivity (Wildman–Crippen MR) is 88.4 cm³/mol. The van der Waals surface area contributed by atoms with Crippen LogP contribution in [0.15, 0.2) is 30.3 Å². The average molecular weight is 337 g/mol. The molecule has 6 nitrogen and oxygen atoms in total. The second-order valence-electron chi connectivity index (χ2n) is 6.62. The van der Waals surface area contributed by atoms with Gasteiger partial charge < -0.3 is 10.2 Å². The first-order valence-electron chi connectivity index (χ1n) is 7.91. The Morgan fingerprint density at radius 1 is 1.22 bits per heavy atom. The highest BCUT2D eigenvalue weighted by Crippen LogP contribution is 2.38. The van der Waals surface area contributed by atoms with Gasteiger partial charge in [-0.1, -0.05) is 37.3 Å². The lowest BCUT2D eigenvalue weighted by Crippen LogP contribution is -2.58. The van der Waals surface area contributed by atoms with Crippen LogP contribution >= 0.6 is 0 Å². The van der Waals surface area contributed by atoms with Crippen molar-refractivity contribution in [2.45, 2.75) is 13.0 Å². The minimum Gasteiger partial charge on any atom is -0.338 e. The maximum Gasteiger partial charge on any atom is 0.317 e. The molecule has 1 N–H and O–H groups in total. The van der Waals surface area contributed by atoms with Gasteiger partial charge in [0.05, 0.1) is 12.3 Å². The van der Waals surface area contributed by atoms with Crippen LogP contribution in [0.25, 0.3) is 0 Å². The molecule has 0 bridgehead atoms. The minimum absolute atomic E-state index is 0.0604. The highest BCUT2D eigenvalue weighted by Gasteiger charge is 2.40. The van der Waals surface area contributed by atoms with Crippen LogP contribution in [-0.4, -0.2) is 56.1 Å². The highest BCUT2D eigenvalue weighted by molar-refractivity contribution is 7.88. The number of rotatable bonds is 4. The van der Waals surface area contributed by atoms with Gasteiger partial charge in [0, 0.05) is 32.1 Å². The van der Waals surface area contributed by atoms with Crippen LogP contribution in [0, 0.1) is 11.8 Å². The minimum atomic E-state index is -3.09. The third kappa shape index (κ3) is 3.35. The van der Waals surface area contributed by atoms with Crippen molar-refractivity contribution in [3.63, 3.8) is 0 Å². The van der Waals surface area contributed by atoms with E-state index in [1.807, 2.05) is 23.1 Å². The number of urea groups is 1. The highest BCUT2D eigenvalue weighted by atomic mass is 32.2. The fourth-order valence-electron chi connectivity index (χ4n) is 3.32. The van der Waals surface area contributed by atoms with E-state index in [-0.39, 0.29) is 18.0 Å². The van der Waals surface area contributed by atoms with E-state index in [2.05, 4.69) is 24.4 Å². The van der Waals surface area contributed by atoms with E-state index in [1.54, 1.807) is 0 Å². The van der Waals surface area contributed by atoms with Crippen molar-refractivity contribution >= 4 is 16.1 Å². The Balaban J connectivity index is 1.50. The van der Waals surface area contributed by atoms with E-state index in [1.165, 1.54) is 10.6 Å².